The highest BCUT2D eigenvalue weighted by atomic mass is 79.9. The lowest BCUT2D eigenvalue weighted by Crippen LogP contribution is -2.33. The number of halogens is 2. The standard InChI is InChI=1S/C12H14BrClN2O2S/c1-2-5-16(9-3-4-9)19(17,18)11-7-8(14)6-10(15)12(11)13/h2,6-7,9H,1,3-5,15H2. The van der Waals surface area contributed by atoms with Gasteiger partial charge >= 0.3 is 0 Å². The fourth-order valence-corrected chi connectivity index (χ4v) is 4.74. The van der Waals surface area contributed by atoms with Gasteiger partial charge in [0.15, 0.2) is 0 Å². The first kappa shape index (κ1) is 14.8. The highest BCUT2D eigenvalue weighted by Crippen LogP contribution is 2.37. The molecule has 0 aliphatic heterocycles. The fraction of sp³-hybridized carbons (Fsp3) is 0.333. The van der Waals surface area contributed by atoms with E-state index >= 15 is 0 Å². The zero-order valence-corrected chi connectivity index (χ0v) is 13.3. The Hall–Kier alpha value is -0.560. The molecule has 1 saturated carbocycles. The van der Waals surface area contributed by atoms with Gasteiger partial charge in [-0.3, -0.25) is 0 Å². The van der Waals surface area contributed by atoms with Crippen molar-refractivity contribution in [3.8, 4) is 0 Å². The van der Waals surface area contributed by atoms with E-state index in [0.29, 0.717) is 15.2 Å². The summed E-state index contributed by atoms with van der Waals surface area (Å²) in [5, 5.41) is 0.300. The molecule has 0 bridgehead atoms. The number of hydrogen-bond donors (Lipinski definition) is 1. The van der Waals surface area contributed by atoms with E-state index in [2.05, 4.69) is 22.5 Å². The first-order valence-electron chi connectivity index (χ1n) is 5.75. The zero-order valence-electron chi connectivity index (χ0n) is 10.1. The summed E-state index contributed by atoms with van der Waals surface area (Å²) in [6.07, 6.45) is 3.33. The maximum absolute atomic E-state index is 12.7. The van der Waals surface area contributed by atoms with Crippen molar-refractivity contribution in [1.82, 2.24) is 4.31 Å². The van der Waals surface area contributed by atoms with Gasteiger partial charge in [0.25, 0.3) is 0 Å². The summed E-state index contributed by atoms with van der Waals surface area (Å²) >= 11 is 9.12. The van der Waals surface area contributed by atoms with E-state index in [9.17, 15) is 8.42 Å². The number of rotatable bonds is 5. The van der Waals surface area contributed by atoms with Crippen molar-refractivity contribution >= 4 is 43.2 Å². The third-order valence-electron chi connectivity index (χ3n) is 2.88. The van der Waals surface area contributed by atoms with E-state index < -0.39 is 10.0 Å². The van der Waals surface area contributed by atoms with Crippen molar-refractivity contribution in [2.75, 3.05) is 12.3 Å². The quantitative estimate of drug-likeness (QED) is 0.644. The predicted molar refractivity (Wildman–Crippen MR) is 80.7 cm³/mol. The maximum atomic E-state index is 12.7. The molecule has 104 valence electrons. The number of hydrogen-bond acceptors (Lipinski definition) is 3. The summed E-state index contributed by atoms with van der Waals surface area (Å²) in [4.78, 5) is 0.103. The average molecular weight is 366 g/mol. The molecular weight excluding hydrogens is 352 g/mol. The molecule has 0 heterocycles. The Balaban J connectivity index is 2.51. The van der Waals surface area contributed by atoms with Crippen LogP contribution < -0.4 is 5.73 Å². The summed E-state index contributed by atoms with van der Waals surface area (Å²) in [6.45, 7) is 3.89. The number of anilines is 1. The van der Waals surface area contributed by atoms with Gasteiger partial charge in [-0.2, -0.15) is 4.31 Å². The van der Waals surface area contributed by atoms with Gasteiger partial charge in [-0.05, 0) is 40.9 Å². The van der Waals surface area contributed by atoms with E-state index in [1.54, 1.807) is 6.08 Å². The van der Waals surface area contributed by atoms with Crippen LogP contribution in [0.15, 0.2) is 34.2 Å². The monoisotopic (exact) mass is 364 g/mol. The molecule has 7 heteroatoms. The largest absolute Gasteiger partial charge is 0.398 e. The molecule has 4 nitrogen and oxygen atoms in total. The first-order valence-corrected chi connectivity index (χ1v) is 8.36. The molecule has 0 atom stereocenters. The molecule has 1 aromatic rings. The Morgan fingerprint density at radius 3 is 2.68 bits per heavy atom. The Morgan fingerprint density at radius 1 is 1.53 bits per heavy atom. The zero-order chi connectivity index (χ0) is 14.2. The smallest absolute Gasteiger partial charge is 0.244 e. The summed E-state index contributed by atoms with van der Waals surface area (Å²) < 4.78 is 27.1. The van der Waals surface area contributed by atoms with Crippen molar-refractivity contribution < 1.29 is 8.42 Å². The van der Waals surface area contributed by atoms with Crippen LogP contribution in [-0.2, 0) is 10.0 Å². The molecule has 0 saturated heterocycles. The van der Waals surface area contributed by atoms with E-state index in [1.165, 1.54) is 16.4 Å². The minimum Gasteiger partial charge on any atom is -0.398 e. The van der Waals surface area contributed by atoms with Crippen LogP contribution >= 0.6 is 27.5 Å². The topological polar surface area (TPSA) is 63.4 Å². The summed E-state index contributed by atoms with van der Waals surface area (Å²) in [5.74, 6) is 0. The highest BCUT2D eigenvalue weighted by molar-refractivity contribution is 9.10. The van der Waals surface area contributed by atoms with Gasteiger partial charge < -0.3 is 5.73 Å². The predicted octanol–water partition coefficient (Wildman–Crippen LogP) is 3.02. The first-order chi connectivity index (χ1) is 8.87. The van der Waals surface area contributed by atoms with Gasteiger partial charge in [-0.15, -0.1) is 6.58 Å². The molecule has 1 aliphatic rings. The lowest BCUT2D eigenvalue weighted by Gasteiger charge is -2.21. The van der Waals surface area contributed by atoms with Crippen molar-refractivity contribution in [3.63, 3.8) is 0 Å². The maximum Gasteiger partial charge on any atom is 0.244 e. The van der Waals surface area contributed by atoms with Crippen LogP contribution in [0.5, 0.6) is 0 Å². The second kappa shape index (κ2) is 5.44. The molecular formula is C12H14BrClN2O2S. The van der Waals surface area contributed by atoms with Crippen LogP contribution in [0.25, 0.3) is 0 Å². The van der Waals surface area contributed by atoms with Gasteiger partial charge in [-0.25, -0.2) is 8.42 Å². The lowest BCUT2D eigenvalue weighted by molar-refractivity contribution is 0.435. The normalized spacial score (nSPS) is 15.7. The van der Waals surface area contributed by atoms with Crippen molar-refractivity contribution in [3.05, 3.63) is 34.3 Å². The third-order valence-corrected chi connectivity index (χ3v) is 6.19. The van der Waals surface area contributed by atoms with Crippen LogP contribution in [0.2, 0.25) is 5.02 Å². The molecule has 0 amide bonds. The van der Waals surface area contributed by atoms with Gasteiger partial charge in [0.05, 0.1) is 9.37 Å². The van der Waals surface area contributed by atoms with Gasteiger partial charge in [-0.1, -0.05) is 17.7 Å². The van der Waals surface area contributed by atoms with Crippen molar-refractivity contribution in [2.24, 2.45) is 0 Å². The number of nitrogen functional groups attached to an aromatic ring is 1. The summed E-state index contributed by atoms with van der Waals surface area (Å²) in [5.41, 5.74) is 6.06. The molecule has 2 N–H and O–H groups in total. The summed E-state index contributed by atoms with van der Waals surface area (Å²) in [6, 6.07) is 2.98. The van der Waals surface area contributed by atoms with E-state index in [0.717, 1.165) is 12.8 Å². The van der Waals surface area contributed by atoms with Crippen LogP contribution in [0.3, 0.4) is 0 Å². The second-order valence-corrected chi connectivity index (χ2v) is 7.49. The van der Waals surface area contributed by atoms with E-state index in [-0.39, 0.29) is 17.5 Å². The van der Waals surface area contributed by atoms with Gasteiger partial charge in [0.1, 0.15) is 0 Å². The molecule has 0 unspecified atom stereocenters. The Kier molecular flexibility index (Phi) is 4.25. The van der Waals surface area contributed by atoms with Gasteiger partial charge in [0, 0.05) is 23.3 Å². The van der Waals surface area contributed by atoms with Gasteiger partial charge in [0.2, 0.25) is 10.0 Å². The van der Waals surface area contributed by atoms with E-state index in [4.69, 9.17) is 17.3 Å². The molecule has 0 spiro atoms. The SMILES string of the molecule is C=CCN(C1CC1)S(=O)(=O)c1cc(Cl)cc(N)c1Br. The second-order valence-electron chi connectivity index (χ2n) is 4.40. The molecule has 0 radical (unpaired) electrons. The Bertz CT molecular complexity index is 614. The molecule has 1 aliphatic carbocycles. The number of nitrogens with zero attached hydrogens (tertiary/aromatic N) is 1. The minimum absolute atomic E-state index is 0.0510. The number of sulfonamides is 1. The van der Waals surface area contributed by atoms with E-state index in [1.807, 2.05) is 0 Å². The lowest BCUT2D eigenvalue weighted by atomic mass is 10.3. The summed E-state index contributed by atoms with van der Waals surface area (Å²) in [7, 11) is -3.62. The number of nitrogens with two attached hydrogens (primary N) is 1. The fourth-order valence-electron chi connectivity index (χ4n) is 1.83. The van der Waals surface area contributed by atoms with Crippen LogP contribution in [0.1, 0.15) is 12.8 Å². The average Bonchev–Trinajstić information content (AvgIpc) is 3.14. The van der Waals surface area contributed by atoms with Crippen LogP contribution in [0, 0.1) is 0 Å². The number of benzene rings is 1. The Morgan fingerprint density at radius 2 is 2.16 bits per heavy atom. The van der Waals surface area contributed by atoms with Crippen LogP contribution in [-0.4, -0.2) is 25.3 Å². The van der Waals surface area contributed by atoms with Crippen molar-refractivity contribution in [1.29, 1.82) is 0 Å². The molecule has 0 aromatic heterocycles. The van der Waals surface area contributed by atoms with Crippen molar-refractivity contribution in [2.45, 2.75) is 23.8 Å². The third kappa shape index (κ3) is 2.97. The molecule has 1 aromatic carbocycles. The Labute approximate surface area is 126 Å². The minimum atomic E-state index is -3.62. The highest BCUT2D eigenvalue weighted by Gasteiger charge is 2.38. The van der Waals surface area contributed by atoms with Crippen LogP contribution in [0.4, 0.5) is 5.69 Å². The molecule has 2 rings (SSSR count). The molecule has 1 fully saturated rings. The molecule has 19 heavy (non-hydrogen) atoms.